The zero-order valence-electron chi connectivity index (χ0n) is 10.6. The number of ether oxygens (including phenoxy) is 3. The molecule has 1 saturated heterocycles. The van der Waals surface area contributed by atoms with Crippen molar-refractivity contribution in [2.24, 2.45) is 5.92 Å². The highest BCUT2D eigenvalue weighted by atomic mass is 127. The molecule has 1 aliphatic rings. The van der Waals surface area contributed by atoms with Gasteiger partial charge in [0.1, 0.15) is 0 Å². The van der Waals surface area contributed by atoms with E-state index in [2.05, 4.69) is 40.5 Å². The fraction of sp³-hybridized carbons (Fsp3) is 0.833. The van der Waals surface area contributed by atoms with Crippen molar-refractivity contribution in [1.82, 2.24) is 0 Å². The molecule has 4 heteroatoms. The van der Waals surface area contributed by atoms with Gasteiger partial charge in [-0.25, -0.2) is 0 Å². The molecule has 3 nitrogen and oxygen atoms in total. The molecule has 0 unspecified atom stereocenters. The zero-order chi connectivity index (χ0) is 12.3. The summed E-state index contributed by atoms with van der Waals surface area (Å²) in [5.41, 5.74) is 1.23. The van der Waals surface area contributed by atoms with Gasteiger partial charge in [0, 0.05) is 13.0 Å². The van der Waals surface area contributed by atoms with E-state index in [4.69, 9.17) is 14.2 Å². The van der Waals surface area contributed by atoms with Crippen molar-refractivity contribution in [3.63, 3.8) is 0 Å². The van der Waals surface area contributed by atoms with Crippen LogP contribution in [-0.4, -0.2) is 31.7 Å². The molecule has 0 saturated carbocycles. The monoisotopic (exact) mass is 340 g/mol. The van der Waals surface area contributed by atoms with Crippen LogP contribution in [0.3, 0.4) is 0 Å². The number of hydrogen-bond donors (Lipinski definition) is 0. The first-order valence-corrected chi connectivity index (χ1v) is 6.77. The Balaban J connectivity index is 2.66. The third-order valence-corrected chi connectivity index (χ3v) is 3.95. The van der Waals surface area contributed by atoms with E-state index in [-0.39, 0.29) is 18.1 Å². The van der Waals surface area contributed by atoms with E-state index in [1.54, 1.807) is 7.11 Å². The van der Waals surface area contributed by atoms with E-state index in [0.29, 0.717) is 6.61 Å². The van der Waals surface area contributed by atoms with E-state index >= 15 is 0 Å². The van der Waals surface area contributed by atoms with Crippen LogP contribution in [0, 0.1) is 5.92 Å². The molecular weight excluding hydrogens is 319 g/mol. The Hall–Kier alpha value is 0.350. The standard InChI is InChI=1S/C12H21IO3/c1-8(6-13)11(14-5)9(2)10-7-15-12(3,4)16-10/h6,9-11H,7H2,1-5H3/b8-6+/t9-,10-,11-/m0/s1. The van der Waals surface area contributed by atoms with Gasteiger partial charge in [0.15, 0.2) is 5.79 Å². The molecule has 0 bridgehead atoms. The van der Waals surface area contributed by atoms with Crippen LogP contribution in [0.1, 0.15) is 27.7 Å². The van der Waals surface area contributed by atoms with Gasteiger partial charge in [-0.3, -0.25) is 0 Å². The van der Waals surface area contributed by atoms with Crippen molar-refractivity contribution < 1.29 is 14.2 Å². The minimum Gasteiger partial charge on any atom is -0.377 e. The minimum atomic E-state index is -0.459. The van der Waals surface area contributed by atoms with E-state index in [9.17, 15) is 0 Å². The second-order valence-electron chi connectivity index (χ2n) is 4.74. The molecule has 0 amide bonds. The van der Waals surface area contributed by atoms with E-state index in [1.807, 2.05) is 13.8 Å². The lowest BCUT2D eigenvalue weighted by Crippen LogP contribution is -2.34. The highest BCUT2D eigenvalue weighted by Crippen LogP contribution is 2.30. The van der Waals surface area contributed by atoms with Gasteiger partial charge in [-0.05, 0) is 30.4 Å². The fourth-order valence-electron chi connectivity index (χ4n) is 2.05. The molecule has 94 valence electrons. The summed E-state index contributed by atoms with van der Waals surface area (Å²) < 4.78 is 19.0. The summed E-state index contributed by atoms with van der Waals surface area (Å²) in [6.07, 6.45) is 0.200. The van der Waals surface area contributed by atoms with Crippen LogP contribution in [0.4, 0.5) is 0 Å². The quantitative estimate of drug-likeness (QED) is 0.736. The average Bonchev–Trinajstić information content (AvgIpc) is 2.59. The van der Waals surface area contributed by atoms with Gasteiger partial charge in [0.05, 0.1) is 18.8 Å². The molecule has 0 aromatic rings. The number of rotatable bonds is 4. The Morgan fingerprint density at radius 1 is 1.56 bits per heavy atom. The van der Waals surface area contributed by atoms with Crippen molar-refractivity contribution in [2.45, 2.75) is 45.7 Å². The van der Waals surface area contributed by atoms with Crippen LogP contribution in [-0.2, 0) is 14.2 Å². The van der Waals surface area contributed by atoms with Crippen LogP contribution < -0.4 is 0 Å². The smallest absolute Gasteiger partial charge is 0.163 e. The first-order chi connectivity index (χ1) is 7.41. The first-order valence-electron chi connectivity index (χ1n) is 5.52. The lowest BCUT2D eigenvalue weighted by molar-refractivity contribution is -0.148. The van der Waals surface area contributed by atoms with E-state index in [0.717, 1.165) is 0 Å². The molecule has 1 aliphatic heterocycles. The molecular formula is C12H21IO3. The molecule has 1 rings (SSSR count). The van der Waals surface area contributed by atoms with Gasteiger partial charge in [0.2, 0.25) is 0 Å². The van der Waals surface area contributed by atoms with Gasteiger partial charge < -0.3 is 14.2 Å². The summed E-state index contributed by atoms with van der Waals surface area (Å²) in [6.45, 7) is 8.76. The van der Waals surface area contributed by atoms with Gasteiger partial charge in [0.25, 0.3) is 0 Å². The maximum absolute atomic E-state index is 5.86. The Bertz CT molecular complexity index is 263. The van der Waals surface area contributed by atoms with Gasteiger partial charge >= 0.3 is 0 Å². The van der Waals surface area contributed by atoms with Crippen LogP contribution in [0.2, 0.25) is 0 Å². The Labute approximate surface area is 112 Å². The normalized spacial score (nSPS) is 29.1. The van der Waals surface area contributed by atoms with Crippen molar-refractivity contribution in [1.29, 1.82) is 0 Å². The topological polar surface area (TPSA) is 27.7 Å². The minimum absolute atomic E-state index is 0.0967. The number of methoxy groups -OCH3 is 1. The maximum atomic E-state index is 5.86. The molecule has 16 heavy (non-hydrogen) atoms. The summed E-state index contributed by atoms with van der Waals surface area (Å²) in [5, 5.41) is 0. The molecule has 0 spiro atoms. The zero-order valence-corrected chi connectivity index (χ0v) is 12.8. The molecule has 0 N–H and O–H groups in total. The second kappa shape index (κ2) is 5.80. The number of halogens is 1. The highest BCUT2D eigenvalue weighted by molar-refractivity contribution is 14.1. The van der Waals surface area contributed by atoms with Crippen LogP contribution in [0.25, 0.3) is 0 Å². The Kier molecular flexibility index (Phi) is 5.22. The summed E-state index contributed by atoms with van der Waals surface area (Å²) in [7, 11) is 1.74. The first kappa shape index (κ1) is 14.4. The molecule has 1 fully saturated rings. The lowest BCUT2D eigenvalue weighted by Gasteiger charge is -2.28. The second-order valence-corrected chi connectivity index (χ2v) is 5.36. The summed E-state index contributed by atoms with van der Waals surface area (Å²) in [6, 6.07) is 0. The van der Waals surface area contributed by atoms with Crippen LogP contribution in [0.5, 0.6) is 0 Å². The van der Waals surface area contributed by atoms with Crippen LogP contribution >= 0.6 is 22.6 Å². The molecule has 0 aromatic heterocycles. The highest BCUT2D eigenvalue weighted by Gasteiger charge is 2.38. The van der Waals surface area contributed by atoms with Crippen LogP contribution in [0.15, 0.2) is 9.66 Å². The summed E-state index contributed by atoms with van der Waals surface area (Å²) >= 11 is 2.24. The maximum Gasteiger partial charge on any atom is 0.163 e. The molecule has 3 atom stereocenters. The molecule has 0 aliphatic carbocycles. The SMILES string of the molecule is CO[C@@H](/C(C)=C/I)[C@@H](C)[C@@H]1COC(C)(C)O1. The third-order valence-electron chi connectivity index (χ3n) is 2.97. The Morgan fingerprint density at radius 3 is 2.56 bits per heavy atom. The van der Waals surface area contributed by atoms with Gasteiger partial charge in [-0.2, -0.15) is 0 Å². The predicted octanol–water partition coefficient (Wildman–Crippen LogP) is 3.13. The van der Waals surface area contributed by atoms with Crippen molar-refractivity contribution in [3.8, 4) is 0 Å². The van der Waals surface area contributed by atoms with Crippen molar-refractivity contribution in [3.05, 3.63) is 9.66 Å². The summed E-state index contributed by atoms with van der Waals surface area (Å²) in [5.74, 6) is -0.170. The lowest BCUT2D eigenvalue weighted by atomic mass is 9.94. The van der Waals surface area contributed by atoms with Gasteiger partial charge in [-0.1, -0.05) is 29.5 Å². The van der Waals surface area contributed by atoms with Crippen molar-refractivity contribution >= 4 is 22.6 Å². The predicted molar refractivity (Wildman–Crippen MR) is 72.6 cm³/mol. The third kappa shape index (κ3) is 3.42. The molecule has 0 aromatic carbocycles. The average molecular weight is 340 g/mol. The van der Waals surface area contributed by atoms with Gasteiger partial charge in [-0.15, -0.1) is 0 Å². The van der Waals surface area contributed by atoms with Crippen molar-refractivity contribution in [2.75, 3.05) is 13.7 Å². The largest absolute Gasteiger partial charge is 0.377 e. The molecule has 0 radical (unpaired) electrons. The summed E-state index contributed by atoms with van der Waals surface area (Å²) in [4.78, 5) is 0. The Morgan fingerprint density at radius 2 is 2.19 bits per heavy atom. The van der Waals surface area contributed by atoms with E-state index < -0.39 is 5.79 Å². The van der Waals surface area contributed by atoms with E-state index in [1.165, 1.54) is 5.57 Å². The number of hydrogen-bond acceptors (Lipinski definition) is 3. The fourth-order valence-corrected chi connectivity index (χ4v) is 2.40. The molecule has 1 heterocycles.